The van der Waals surface area contributed by atoms with Crippen molar-refractivity contribution in [3.8, 4) is 0 Å². The Morgan fingerprint density at radius 3 is 1.84 bits per heavy atom. The van der Waals surface area contributed by atoms with Gasteiger partial charge in [0.05, 0.1) is 0 Å². The third kappa shape index (κ3) is 10.4. The molecule has 214 valence electrons. The van der Waals surface area contributed by atoms with Crippen LogP contribution in [0.5, 0.6) is 0 Å². The van der Waals surface area contributed by atoms with Crippen molar-refractivity contribution in [2.24, 2.45) is 16.7 Å². The molecule has 0 aliphatic heterocycles. The highest BCUT2D eigenvalue weighted by Crippen LogP contribution is 2.44. The Balaban J connectivity index is 3.78. The average Bonchev–Trinajstić information content (AvgIpc) is 2.84. The monoisotopic (exact) mass is 518 g/mol. The van der Waals surface area contributed by atoms with Gasteiger partial charge in [0, 0.05) is 5.92 Å². The van der Waals surface area contributed by atoms with Crippen LogP contribution in [0.25, 0.3) is 0 Å². The minimum Gasteiger partial charge on any atom is -0.0805 e. The summed E-state index contributed by atoms with van der Waals surface area (Å²) in [7, 11) is 0. The second-order valence-electron chi connectivity index (χ2n) is 13.8. The molecule has 0 radical (unpaired) electrons. The highest BCUT2D eigenvalue weighted by Gasteiger charge is 2.29. The van der Waals surface area contributed by atoms with Crippen LogP contribution < -0.4 is 0 Å². The Hall–Kier alpha value is -1.82. The molecule has 1 aromatic rings. The van der Waals surface area contributed by atoms with Crippen LogP contribution in [0, 0.1) is 16.7 Å². The largest absolute Gasteiger partial charge is 0.0805 e. The van der Waals surface area contributed by atoms with Crippen LogP contribution >= 0.6 is 0 Å². The molecular weight excluding hydrogens is 456 g/mol. The van der Waals surface area contributed by atoms with Gasteiger partial charge in [-0.2, -0.15) is 0 Å². The summed E-state index contributed by atoms with van der Waals surface area (Å²) >= 11 is 0. The summed E-state index contributed by atoms with van der Waals surface area (Å²) in [5, 5.41) is 0. The lowest BCUT2D eigenvalue weighted by Crippen LogP contribution is -2.20. The van der Waals surface area contributed by atoms with Crippen LogP contribution in [-0.2, 0) is 0 Å². The molecule has 0 aliphatic rings. The Morgan fingerprint density at radius 2 is 1.34 bits per heavy atom. The van der Waals surface area contributed by atoms with E-state index < -0.39 is 0 Å². The van der Waals surface area contributed by atoms with Crippen molar-refractivity contribution in [1.29, 1.82) is 0 Å². The van der Waals surface area contributed by atoms with Gasteiger partial charge in [0.25, 0.3) is 0 Å². The molecule has 1 aromatic carbocycles. The van der Waals surface area contributed by atoms with Gasteiger partial charge in [-0.15, -0.1) is 0 Å². The molecular formula is C38H62. The number of hydrogen-bond acceptors (Lipinski definition) is 0. The highest BCUT2D eigenvalue weighted by molar-refractivity contribution is 5.44. The van der Waals surface area contributed by atoms with Gasteiger partial charge in [0.2, 0.25) is 0 Å². The smallest absolute Gasteiger partial charge is 0.0114 e. The highest BCUT2D eigenvalue weighted by atomic mass is 14.3. The molecule has 0 fully saturated rings. The van der Waals surface area contributed by atoms with E-state index in [1.165, 1.54) is 83.9 Å². The summed E-state index contributed by atoms with van der Waals surface area (Å²) in [6.45, 7) is 30.8. The van der Waals surface area contributed by atoms with Crippen LogP contribution in [0.1, 0.15) is 146 Å². The van der Waals surface area contributed by atoms with Gasteiger partial charge in [-0.1, -0.05) is 141 Å². The summed E-state index contributed by atoms with van der Waals surface area (Å²) < 4.78 is 0. The average molecular weight is 519 g/mol. The maximum Gasteiger partial charge on any atom is 0.0114 e. The standard InChI is InChI=1S/C38H62/c1-14-16-18-22-26-34(37(8,9)10)29(4)31(6)36(33-24-20-19-21-25-33)32(7)30(5)35(38(11,12)13)27-28(3)23-17-15-2/h19-21,24-27,32,36H,14-18,22-23H2,1-13H3/b28-27+,31-29+,34-26+,35-30+. The van der Waals surface area contributed by atoms with E-state index in [-0.39, 0.29) is 10.8 Å². The Kier molecular flexibility index (Phi) is 14.1. The summed E-state index contributed by atoms with van der Waals surface area (Å²) in [5.74, 6) is 0.748. The van der Waals surface area contributed by atoms with Crippen molar-refractivity contribution in [3.63, 3.8) is 0 Å². The number of rotatable bonds is 13. The predicted octanol–water partition coefficient (Wildman–Crippen LogP) is 12.8. The lowest BCUT2D eigenvalue weighted by Gasteiger charge is -2.34. The normalized spacial score (nSPS) is 16.7. The van der Waals surface area contributed by atoms with Crippen LogP contribution in [-0.4, -0.2) is 0 Å². The van der Waals surface area contributed by atoms with E-state index in [4.69, 9.17) is 0 Å². The molecule has 0 bridgehead atoms. The Morgan fingerprint density at radius 1 is 0.763 bits per heavy atom. The molecule has 0 nitrogen and oxygen atoms in total. The lowest BCUT2D eigenvalue weighted by atomic mass is 9.70. The summed E-state index contributed by atoms with van der Waals surface area (Å²) in [6, 6.07) is 11.2. The topological polar surface area (TPSA) is 0 Å². The van der Waals surface area contributed by atoms with E-state index in [0.29, 0.717) is 11.8 Å². The van der Waals surface area contributed by atoms with Crippen molar-refractivity contribution in [2.75, 3.05) is 0 Å². The van der Waals surface area contributed by atoms with E-state index in [1.807, 2.05) is 0 Å². The van der Waals surface area contributed by atoms with Gasteiger partial charge in [0.1, 0.15) is 0 Å². The number of unbranched alkanes of at least 4 members (excludes halogenated alkanes) is 4. The molecule has 0 saturated heterocycles. The fourth-order valence-corrected chi connectivity index (χ4v) is 5.87. The zero-order valence-corrected chi connectivity index (χ0v) is 27.6. The first-order chi connectivity index (χ1) is 17.7. The van der Waals surface area contributed by atoms with Crippen LogP contribution in [0.3, 0.4) is 0 Å². The van der Waals surface area contributed by atoms with Gasteiger partial charge in [-0.3, -0.25) is 0 Å². The summed E-state index contributed by atoms with van der Waals surface area (Å²) in [5.41, 5.74) is 10.7. The molecule has 0 heteroatoms. The van der Waals surface area contributed by atoms with Gasteiger partial charge in [-0.05, 0) is 92.4 Å². The van der Waals surface area contributed by atoms with Gasteiger partial charge >= 0.3 is 0 Å². The Labute approximate surface area is 238 Å². The lowest BCUT2D eigenvalue weighted by molar-refractivity contribution is 0.484. The first kappa shape index (κ1) is 34.2. The number of benzene rings is 1. The molecule has 0 aliphatic carbocycles. The third-order valence-corrected chi connectivity index (χ3v) is 8.32. The maximum absolute atomic E-state index is 2.55. The summed E-state index contributed by atoms with van der Waals surface area (Å²) in [6.07, 6.45) is 13.8. The van der Waals surface area contributed by atoms with Crippen molar-refractivity contribution < 1.29 is 0 Å². The van der Waals surface area contributed by atoms with Crippen molar-refractivity contribution in [2.45, 2.75) is 141 Å². The quantitative estimate of drug-likeness (QED) is 0.180. The molecule has 0 saturated carbocycles. The van der Waals surface area contributed by atoms with Crippen molar-refractivity contribution in [1.82, 2.24) is 0 Å². The van der Waals surface area contributed by atoms with E-state index >= 15 is 0 Å². The van der Waals surface area contributed by atoms with E-state index in [9.17, 15) is 0 Å². The first-order valence-electron chi connectivity index (χ1n) is 15.5. The molecule has 38 heavy (non-hydrogen) atoms. The molecule has 1 rings (SSSR count). The molecule has 0 spiro atoms. The zero-order valence-electron chi connectivity index (χ0n) is 27.6. The van der Waals surface area contributed by atoms with Crippen molar-refractivity contribution >= 4 is 0 Å². The minimum atomic E-state index is 0.107. The zero-order chi connectivity index (χ0) is 29.1. The number of hydrogen-bond donors (Lipinski definition) is 0. The van der Waals surface area contributed by atoms with Gasteiger partial charge in [-0.25, -0.2) is 0 Å². The Bertz CT molecular complexity index is 963. The second-order valence-corrected chi connectivity index (χ2v) is 13.8. The molecule has 2 atom stereocenters. The van der Waals surface area contributed by atoms with Gasteiger partial charge < -0.3 is 0 Å². The molecule has 0 heterocycles. The summed E-state index contributed by atoms with van der Waals surface area (Å²) in [4.78, 5) is 0. The van der Waals surface area contributed by atoms with Crippen LogP contribution in [0.4, 0.5) is 0 Å². The predicted molar refractivity (Wildman–Crippen MR) is 174 cm³/mol. The van der Waals surface area contributed by atoms with Crippen LogP contribution in [0.15, 0.2) is 75.9 Å². The molecule has 2 unspecified atom stereocenters. The fraction of sp³-hybridized carbons (Fsp3) is 0.632. The van der Waals surface area contributed by atoms with E-state index in [0.717, 1.165) is 0 Å². The first-order valence-corrected chi connectivity index (χ1v) is 15.5. The minimum absolute atomic E-state index is 0.107. The van der Waals surface area contributed by atoms with Gasteiger partial charge in [0.15, 0.2) is 0 Å². The fourth-order valence-electron chi connectivity index (χ4n) is 5.87. The van der Waals surface area contributed by atoms with E-state index in [2.05, 4.69) is 132 Å². The van der Waals surface area contributed by atoms with Crippen LogP contribution in [0.2, 0.25) is 0 Å². The van der Waals surface area contributed by atoms with Crippen molar-refractivity contribution in [3.05, 3.63) is 81.5 Å². The number of allylic oxidation sites excluding steroid dienone is 8. The molecule has 0 N–H and O–H groups in total. The molecule has 0 aromatic heterocycles. The molecule has 0 amide bonds. The SMILES string of the molecule is CCCCC/C=C(\C(C)=C(/C)C(c1ccccc1)C(C)/C(C)=C(\C=C(/C)CCCC)C(C)(C)C)C(C)(C)C. The third-order valence-electron chi connectivity index (χ3n) is 8.32. The maximum atomic E-state index is 2.55. The second kappa shape index (κ2) is 15.7. The van der Waals surface area contributed by atoms with E-state index in [1.54, 1.807) is 0 Å².